The highest BCUT2D eigenvalue weighted by Gasteiger charge is 2.15. The minimum absolute atomic E-state index is 0.0877. The van der Waals surface area contributed by atoms with Crippen molar-refractivity contribution in [2.24, 2.45) is 5.92 Å². The molecule has 0 saturated heterocycles. The van der Waals surface area contributed by atoms with Gasteiger partial charge in [0.1, 0.15) is 0 Å². The quantitative estimate of drug-likeness (QED) is 0.844. The molecule has 0 spiro atoms. The van der Waals surface area contributed by atoms with Crippen LogP contribution in [0.1, 0.15) is 48.9 Å². The molecule has 0 fully saturated rings. The van der Waals surface area contributed by atoms with Crippen molar-refractivity contribution in [1.29, 1.82) is 0 Å². The number of aliphatic hydroxyl groups is 1. The van der Waals surface area contributed by atoms with E-state index in [0.717, 1.165) is 23.6 Å². The molecule has 1 heterocycles. The smallest absolute Gasteiger partial charge is 0.229 e. The van der Waals surface area contributed by atoms with Crippen molar-refractivity contribution in [3.8, 4) is 0 Å². The van der Waals surface area contributed by atoms with Gasteiger partial charge >= 0.3 is 0 Å². The van der Waals surface area contributed by atoms with Crippen molar-refractivity contribution >= 4 is 11.8 Å². The predicted molar refractivity (Wildman–Crippen MR) is 84.9 cm³/mol. The highest BCUT2D eigenvalue weighted by atomic mass is 32.2. The fourth-order valence-electron chi connectivity index (χ4n) is 1.90. The zero-order chi connectivity index (χ0) is 15.2. The lowest BCUT2D eigenvalue weighted by atomic mass is 10.1. The number of aromatic nitrogens is 2. The van der Waals surface area contributed by atoms with Gasteiger partial charge in [-0.1, -0.05) is 38.1 Å². The first-order valence-electron chi connectivity index (χ1n) is 7.21. The van der Waals surface area contributed by atoms with Crippen LogP contribution in [0, 0.1) is 5.92 Å². The molecule has 0 saturated carbocycles. The van der Waals surface area contributed by atoms with E-state index in [1.54, 1.807) is 11.8 Å². The molecule has 4 nitrogen and oxygen atoms in total. The molecule has 1 unspecified atom stereocenters. The molecule has 0 aliphatic carbocycles. The summed E-state index contributed by atoms with van der Waals surface area (Å²) in [6.07, 6.45) is 0.826. The lowest BCUT2D eigenvalue weighted by Gasteiger charge is -2.07. The van der Waals surface area contributed by atoms with Crippen LogP contribution in [0.4, 0.5) is 0 Å². The highest BCUT2D eigenvalue weighted by Crippen LogP contribution is 2.30. The van der Waals surface area contributed by atoms with Crippen LogP contribution < -0.4 is 0 Å². The molecule has 1 N–H and O–H groups in total. The molecule has 0 bridgehead atoms. The third-order valence-corrected chi connectivity index (χ3v) is 4.32. The van der Waals surface area contributed by atoms with Crippen LogP contribution in [0.2, 0.25) is 0 Å². The number of hydrogen-bond acceptors (Lipinski definition) is 5. The van der Waals surface area contributed by atoms with Crippen LogP contribution in [-0.4, -0.2) is 15.3 Å². The Bertz CT molecular complexity index is 552. The number of rotatable bonds is 7. The Morgan fingerprint density at radius 3 is 2.38 bits per heavy atom. The monoisotopic (exact) mass is 306 g/mol. The summed E-state index contributed by atoms with van der Waals surface area (Å²) in [6.45, 7) is 6.44. The maximum Gasteiger partial charge on any atom is 0.229 e. The number of aliphatic hydroxyl groups excluding tert-OH is 1. The van der Waals surface area contributed by atoms with Crippen molar-refractivity contribution in [1.82, 2.24) is 10.2 Å². The third kappa shape index (κ3) is 4.86. The minimum atomic E-state index is 0.0877. The second-order valence-electron chi connectivity index (χ2n) is 5.56. The Kier molecular flexibility index (Phi) is 5.82. The summed E-state index contributed by atoms with van der Waals surface area (Å²) in [5.41, 5.74) is 2.16. The first kappa shape index (κ1) is 16.0. The lowest BCUT2D eigenvalue weighted by molar-refractivity contribution is 0.282. The molecular formula is C16H22N2O2S. The number of benzene rings is 1. The van der Waals surface area contributed by atoms with Gasteiger partial charge in [-0.25, -0.2) is 0 Å². The fourth-order valence-corrected chi connectivity index (χ4v) is 2.77. The van der Waals surface area contributed by atoms with Crippen molar-refractivity contribution in [2.75, 3.05) is 0 Å². The number of nitrogens with zero attached hydrogens (tertiary/aromatic N) is 2. The van der Waals surface area contributed by atoms with Gasteiger partial charge in [0.2, 0.25) is 11.8 Å². The second-order valence-corrected chi connectivity index (χ2v) is 6.89. The average molecular weight is 306 g/mol. The van der Waals surface area contributed by atoms with E-state index in [9.17, 15) is 0 Å². The standard InChI is InChI=1S/C16H22N2O2S/c1-11(2)8-15-17-18-16(20-15)12(3)21-10-14-6-4-13(9-19)5-7-14/h4-7,11-12,19H,8-10H2,1-3H3. The van der Waals surface area contributed by atoms with Crippen molar-refractivity contribution in [2.45, 2.75) is 44.8 Å². The van der Waals surface area contributed by atoms with E-state index in [2.05, 4.69) is 31.0 Å². The zero-order valence-corrected chi connectivity index (χ0v) is 13.6. The third-order valence-electron chi connectivity index (χ3n) is 3.12. The second kappa shape index (κ2) is 7.61. The molecule has 1 atom stereocenters. The van der Waals surface area contributed by atoms with Gasteiger partial charge in [-0.3, -0.25) is 0 Å². The first-order valence-corrected chi connectivity index (χ1v) is 8.26. The van der Waals surface area contributed by atoms with E-state index in [1.807, 2.05) is 24.3 Å². The van der Waals surface area contributed by atoms with Gasteiger partial charge in [-0.05, 0) is 24.0 Å². The maximum absolute atomic E-state index is 9.03. The molecule has 2 aromatic rings. The van der Waals surface area contributed by atoms with E-state index in [-0.39, 0.29) is 11.9 Å². The van der Waals surface area contributed by atoms with Crippen molar-refractivity contribution in [3.63, 3.8) is 0 Å². The topological polar surface area (TPSA) is 59.2 Å². The molecule has 114 valence electrons. The summed E-state index contributed by atoms with van der Waals surface area (Å²) >= 11 is 1.77. The Morgan fingerprint density at radius 2 is 1.76 bits per heavy atom. The van der Waals surface area contributed by atoms with Gasteiger partial charge in [0.25, 0.3) is 0 Å². The lowest BCUT2D eigenvalue weighted by Crippen LogP contribution is -1.93. The Balaban J connectivity index is 1.88. The molecule has 0 radical (unpaired) electrons. The van der Waals surface area contributed by atoms with Crippen molar-refractivity contribution < 1.29 is 9.52 Å². The molecule has 0 aliphatic rings. The summed E-state index contributed by atoms with van der Waals surface area (Å²) in [5, 5.41) is 17.4. The molecule has 0 amide bonds. The Labute approximate surface area is 130 Å². The van der Waals surface area contributed by atoms with E-state index >= 15 is 0 Å². The van der Waals surface area contributed by atoms with Crippen LogP contribution >= 0.6 is 11.8 Å². The molecule has 1 aromatic heterocycles. The van der Waals surface area contributed by atoms with E-state index in [4.69, 9.17) is 9.52 Å². The van der Waals surface area contributed by atoms with E-state index in [0.29, 0.717) is 11.8 Å². The normalized spacial score (nSPS) is 12.8. The molecule has 21 heavy (non-hydrogen) atoms. The predicted octanol–water partition coefficient (Wildman–Crippen LogP) is 3.75. The summed E-state index contributed by atoms with van der Waals surface area (Å²) < 4.78 is 5.71. The zero-order valence-electron chi connectivity index (χ0n) is 12.7. The summed E-state index contributed by atoms with van der Waals surface area (Å²) in [7, 11) is 0. The maximum atomic E-state index is 9.03. The van der Waals surface area contributed by atoms with Gasteiger partial charge in [0.05, 0.1) is 11.9 Å². The molecule has 5 heteroatoms. The van der Waals surface area contributed by atoms with Crippen molar-refractivity contribution in [3.05, 3.63) is 47.2 Å². The summed E-state index contributed by atoms with van der Waals surface area (Å²) in [4.78, 5) is 0. The van der Waals surface area contributed by atoms with Gasteiger partial charge < -0.3 is 9.52 Å². The van der Waals surface area contributed by atoms with E-state index in [1.165, 1.54) is 5.56 Å². The Morgan fingerprint density at radius 1 is 1.10 bits per heavy atom. The average Bonchev–Trinajstić information content (AvgIpc) is 2.93. The van der Waals surface area contributed by atoms with Gasteiger partial charge in [0, 0.05) is 12.2 Å². The minimum Gasteiger partial charge on any atom is -0.424 e. The molecular weight excluding hydrogens is 284 g/mol. The van der Waals surface area contributed by atoms with E-state index < -0.39 is 0 Å². The van der Waals surface area contributed by atoms with Crippen LogP contribution in [0.3, 0.4) is 0 Å². The first-order chi connectivity index (χ1) is 10.1. The van der Waals surface area contributed by atoms with Crippen LogP contribution in [0.15, 0.2) is 28.7 Å². The SMILES string of the molecule is CC(C)Cc1nnc(C(C)SCc2ccc(CO)cc2)o1. The van der Waals surface area contributed by atoms with Crippen LogP contribution in [-0.2, 0) is 18.8 Å². The summed E-state index contributed by atoms with van der Waals surface area (Å²) in [6, 6.07) is 7.99. The van der Waals surface area contributed by atoms with Crippen LogP contribution in [0.5, 0.6) is 0 Å². The van der Waals surface area contributed by atoms with Gasteiger partial charge in [-0.2, -0.15) is 0 Å². The van der Waals surface area contributed by atoms with Gasteiger partial charge in [-0.15, -0.1) is 22.0 Å². The molecule has 0 aliphatic heterocycles. The molecule has 1 aromatic carbocycles. The Hall–Kier alpha value is -1.33. The largest absolute Gasteiger partial charge is 0.424 e. The van der Waals surface area contributed by atoms with Gasteiger partial charge in [0.15, 0.2) is 0 Å². The summed E-state index contributed by atoms with van der Waals surface area (Å²) in [5.74, 6) is 2.82. The number of thioether (sulfide) groups is 1. The fraction of sp³-hybridized carbons (Fsp3) is 0.500. The molecule has 2 rings (SSSR count). The van der Waals surface area contributed by atoms with Crippen LogP contribution in [0.25, 0.3) is 0 Å². The highest BCUT2D eigenvalue weighted by molar-refractivity contribution is 7.98. The number of hydrogen-bond donors (Lipinski definition) is 1.